The van der Waals surface area contributed by atoms with Crippen molar-refractivity contribution in [2.75, 3.05) is 0 Å². The lowest BCUT2D eigenvalue weighted by molar-refractivity contribution is -0.384. The molecule has 18 heavy (non-hydrogen) atoms. The Balaban J connectivity index is 3.18. The second-order valence-corrected chi connectivity index (χ2v) is 4.74. The lowest BCUT2D eigenvalue weighted by atomic mass is 10.0. The van der Waals surface area contributed by atoms with E-state index >= 15 is 0 Å². The first kappa shape index (κ1) is 14.2. The number of nitrogens with zero attached hydrogens (tertiary/aromatic N) is 2. The van der Waals surface area contributed by atoms with E-state index in [1.165, 1.54) is 10.8 Å². The molecule has 1 rings (SSSR count). The Labute approximate surface area is 105 Å². The molecule has 6 heteroatoms. The van der Waals surface area contributed by atoms with Crippen molar-refractivity contribution in [3.8, 4) is 0 Å². The van der Waals surface area contributed by atoms with E-state index in [2.05, 4.69) is 0 Å². The molecular weight excluding hydrogens is 236 g/mol. The maximum atomic E-state index is 11.1. The van der Waals surface area contributed by atoms with Gasteiger partial charge in [0.05, 0.1) is 11.1 Å². The van der Waals surface area contributed by atoms with Crippen LogP contribution in [0.1, 0.15) is 50.1 Å². The third-order valence-electron chi connectivity index (χ3n) is 2.87. The fourth-order valence-electron chi connectivity index (χ4n) is 2.06. The first-order chi connectivity index (χ1) is 8.36. The predicted molar refractivity (Wildman–Crippen MR) is 66.8 cm³/mol. The topological polar surface area (TPSA) is 85.4 Å². The van der Waals surface area contributed by atoms with Gasteiger partial charge < -0.3 is 9.67 Å². The zero-order valence-corrected chi connectivity index (χ0v) is 10.8. The summed E-state index contributed by atoms with van der Waals surface area (Å²) in [6.45, 7) is 6.03. The monoisotopic (exact) mass is 254 g/mol. The second-order valence-electron chi connectivity index (χ2n) is 4.74. The minimum absolute atomic E-state index is 0.0193. The molecule has 1 atom stereocenters. The number of aromatic nitrogens is 1. The Bertz CT molecular complexity index is 451. The molecule has 1 heterocycles. The highest BCUT2D eigenvalue weighted by Crippen LogP contribution is 2.27. The molecule has 0 amide bonds. The highest BCUT2D eigenvalue weighted by atomic mass is 16.6. The highest BCUT2D eigenvalue weighted by molar-refractivity contribution is 5.87. The van der Waals surface area contributed by atoms with Crippen molar-refractivity contribution in [3.05, 3.63) is 28.1 Å². The predicted octanol–water partition coefficient (Wildman–Crippen LogP) is 3.09. The van der Waals surface area contributed by atoms with Gasteiger partial charge in [-0.05, 0) is 18.8 Å². The summed E-state index contributed by atoms with van der Waals surface area (Å²) in [5, 5.41) is 19.8. The van der Waals surface area contributed by atoms with Crippen molar-refractivity contribution in [3.63, 3.8) is 0 Å². The SMILES string of the molecule is CCC(CC(C)C)n1cc([N+](=O)[O-])cc1C(=O)O. The standard InChI is InChI=1S/C12H18N2O4/c1-4-9(5-8(2)3)13-7-10(14(17)18)6-11(13)12(15)16/h6-9H,4-5H2,1-3H3,(H,15,16). The molecule has 1 aromatic heterocycles. The van der Waals surface area contributed by atoms with Crippen LogP contribution in [0.4, 0.5) is 5.69 Å². The van der Waals surface area contributed by atoms with Crippen LogP contribution in [0.15, 0.2) is 12.3 Å². The summed E-state index contributed by atoms with van der Waals surface area (Å²) in [6, 6.07) is 1.09. The zero-order valence-electron chi connectivity index (χ0n) is 10.8. The summed E-state index contributed by atoms with van der Waals surface area (Å²) < 4.78 is 1.51. The summed E-state index contributed by atoms with van der Waals surface area (Å²) in [5.41, 5.74) is -0.191. The number of nitro groups is 1. The molecule has 1 aromatic rings. The number of carboxylic acid groups (broad SMARTS) is 1. The van der Waals surface area contributed by atoms with Crippen molar-refractivity contribution in [1.29, 1.82) is 0 Å². The molecule has 0 saturated carbocycles. The average molecular weight is 254 g/mol. The van der Waals surface area contributed by atoms with Crippen LogP contribution in [0.25, 0.3) is 0 Å². The van der Waals surface area contributed by atoms with Crippen molar-refractivity contribution in [2.24, 2.45) is 5.92 Å². The van der Waals surface area contributed by atoms with Gasteiger partial charge >= 0.3 is 5.97 Å². The highest BCUT2D eigenvalue weighted by Gasteiger charge is 2.23. The van der Waals surface area contributed by atoms with Gasteiger partial charge in [0, 0.05) is 12.1 Å². The van der Waals surface area contributed by atoms with Crippen LogP contribution in [-0.2, 0) is 0 Å². The Morgan fingerprint density at radius 2 is 2.17 bits per heavy atom. The molecule has 0 bridgehead atoms. The van der Waals surface area contributed by atoms with E-state index in [0.29, 0.717) is 5.92 Å². The summed E-state index contributed by atoms with van der Waals surface area (Å²) >= 11 is 0. The van der Waals surface area contributed by atoms with Gasteiger partial charge in [0.25, 0.3) is 5.69 Å². The fourth-order valence-corrected chi connectivity index (χ4v) is 2.06. The number of hydrogen-bond acceptors (Lipinski definition) is 3. The van der Waals surface area contributed by atoms with Gasteiger partial charge in [-0.2, -0.15) is 0 Å². The summed E-state index contributed by atoms with van der Waals surface area (Å²) in [6.07, 6.45) is 2.85. The van der Waals surface area contributed by atoms with Gasteiger partial charge in [-0.3, -0.25) is 10.1 Å². The Morgan fingerprint density at radius 3 is 2.56 bits per heavy atom. The van der Waals surface area contributed by atoms with Gasteiger partial charge in [0.1, 0.15) is 5.69 Å². The van der Waals surface area contributed by atoms with Crippen LogP contribution < -0.4 is 0 Å². The smallest absolute Gasteiger partial charge is 0.352 e. The lowest BCUT2D eigenvalue weighted by Gasteiger charge is -2.20. The number of carboxylic acids is 1. The molecule has 0 aromatic carbocycles. The number of carbonyl (C=O) groups is 1. The van der Waals surface area contributed by atoms with E-state index in [0.717, 1.165) is 18.9 Å². The normalized spacial score (nSPS) is 12.7. The number of hydrogen-bond donors (Lipinski definition) is 1. The molecule has 6 nitrogen and oxygen atoms in total. The zero-order chi connectivity index (χ0) is 13.9. The Morgan fingerprint density at radius 1 is 1.56 bits per heavy atom. The molecule has 0 fully saturated rings. The fraction of sp³-hybridized carbons (Fsp3) is 0.583. The van der Waals surface area contributed by atoms with E-state index in [4.69, 9.17) is 5.11 Å². The van der Waals surface area contributed by atoms with Gasteiger partial charge in [-0.15, -0.1) is 0 Å². The van der Waals surface area contributed by atoms with Crippen LogP contribution in [0, 0.1) is 16.0 Å². The molecule has 0 aliphatic carbocycles. The van der Waals surface area contributed by atoms with Crippen molar-refractivity contribution < 1.29 is 14.8 Å². The van der Waals surface area contributed by atoms with Gasteiger partial charge in [-0.25, -0.2) is 4.79 Å². The molecule has 100 valence electrons. The van der Waals surface area contributed by atoms with Gasteiger partial charge in [-0.1, -0.05) is 20.8 Å². The van der Waals surface area contributed by atoms with Gasteiger partial charge in [0.15, 0.2) is 0 Å². The Kier molecular flexibility index (Phi) is 4.47. The van der Waals surface area contributed by atoms with Crippen molar-refractivity contribution in [2.45, 2.75) is 39.7 Å². The maximum absolute atomic E-state index is 11.1. The van der Waals surface area contributed by atoms with E-state index in [-0.39, 0.29) is 17.4 Å². The van der Waals surface area contributed by atoms with Gasteiger partial charge in [0.2, 0.25) is 0 Å². The summed E-state index contributed by atoms with van der Waals surface area (Å²) in [4.78, 5) is 21.3. The largest absolute Gasteiger partial charge is 0.477 e. The number of aromatic carboxylic acids is 1. The number of rotatable bonds is 6. The molecule has 0 spiro atoms. The van der Waals surface area contributed by atoms with E-state index in [1.54, 1.807) is 0 Å². The van der Waals surface area contributed by atoms with E-state index in [9.17, 15) is 14.9 Å². The van der Waals surface area contributed by atoms with E-state index in [1.807, 2.05) is 20.8 Å². The molecule has 1 unspecified atom stereocenters. The van der Waals surface area contributed by atoms with Crippen molar-refractivity contribution >= 4 is 11.7 Å². The van der Waals surface area contributed by atoms with Crippen LogP contribution in [0.3, 0.4) is 0 Å². The molecule has 1 N–H and O–H groups in total. The molecule has 0 radical (unpaired) electrons. The summed E-state index contributed by atoms with van der Waals surface area (Å²) in [7, 11) is 0. The van der Waals surface area contributed by atoms with Crippen LogP contribution in [0.5, 0.6) is 0 Å². The van der Waals surface area contributed by atoms with Crippen molar-refractivity contribution in [1.82, 2.24) is 4.57 Å². The average Bonchev–Trinajstić information content (AvgIpc) is 2.70. The van der Waals surface area contributed by atoms with E-state index < -0.39 is 10.9 Å². The minimum atomic E-state index is -1.13. The second kappa shape index (κ2) is 5.66. The van der Waals surface area contributed by atoms with Crippen LogP contribution >= 0.6 is 0 Å². The Hall–Kier alpha value is -1.85. The molecule has 0 saturated heterocycles. The third-order valence-corrected chi connectivity index (χ3v) is 2.87. The summed E-state index contributed by atoms with van der Waals surface area (Å²) in [5.74, 6) is -0.733. The molecule has 0 aliphatic heterocycles. The van der Waals surface area contributed by atoms with Crippen LogP contribution in [-0.4, -0.2) is 20.6 Å². The molecular formula is C12H18N2O4. The maximum Gasteiger partial charge on any atom is 0.352 e. The first-order valence-corrected chi connectivity index (χ1v) is 5.96. The first-order valence-electron chi connectivity index (χ1n) is 5.96. The lowest BCUT2D eigenvalue weighted by Crippen LogP contribution is -2.15. The van der Waals surface area contributed by atoms with Crippen LogP contribution in [0.2, 0.25) is 0 Å². The molecule has 0 aliphatic rings. The minimum Gasteiger partial charge on any atom is -0.477 e. The third kappa shape index (κ3) is 3.09. The quantitative estimate of drug-likeness (QED) is 0.624.